The van der Waals surface area contributed by atoms with Crippen molar-refractivity contribution >= 4 is 40.3 Å². The van der Waals surface area contributed by atoms with Gasteiger partial charge in [0, 0.05) is 42.8 Å². The highest BCUT2D eigenvalue weighted by Crippen LogP contribution is 2.35. The Bertz CT molecular complexity index is 1410. The second kappa shape index (κ2) is 11.0. The van der Waals surface area contributed by atoms with E-state index in [1.807, 2.05) is 0 Å². The number of amides is 3. The maximum Gasteiger partial charge on any atom is 0.407 e. The summed E-state index contributed by atoms with van der Waals surface area (Å²) in [5.41, 5.74) is 1.41. The molecule has 2 heterocycles. The van der Waals surface area contributed by atoms with Gasteiger partial charge >= 0.3 is 12.1 Å². The molecule has 196 valence electrons. The van der Waals surface area contributed by atoms with E-state index < -0.39 is 6.09 Å². The Kier molecular flexibility index (Phi) is 7.38. The van der Waals surface area contributed by atoms with Gasteiger partial charge in [0.15, 0.2) is 0 Å². The van der Waals surface area contributed by atoms with Crippen molar-refractivity contribution in [3.8, 4) is 23.3 Å². The number of urea groups is 1. The number of hydrogen-bond acceptors (Lipinski definition) is 6. The van der Waals surface area contributed by atoms with Gasteiger partial charge in [-0.1, -0.05) is 11.6 Å². The fourth-order valence-corrected chi connectivity index (χ4v) is 4.52. The van der Waals surface area contributed by atoms with Gasteiger partial charge in [-0.25, -0.2) is 9.59 Å². The molecule has 3 amide bonds. The van der Waals surface area contributed by atoms with Crippen molar-refractivity contribution in [3.63, 3.8) is 0 Å². The lowest BCUT2D eigenvalue weighted by Gasteiger charge is -2.29. The number of aromatic nitrogens is 1. The van der Waals surface area contributed by atoms with Crippen LogP contribution in [0.4, 0.5) is 15.3 Å². The average molecular weight is 536 g/mol. The summed E-state index contributed by atoms with van der Waals surface area (Å²) < 4.78 is 12.1. The highest BCUT2D eigenvalue weighted by Gasteiger charge is 2.24. The number of likely N-dealkylation sites (tertiary alicyclic amines) is 1. The van der Waals surface area contributed by atoms with Crippen LogP contribution in [0.25, 0.3) is 10.9 Å². The second-order valence-corrected chi connectivity index (χ2v) is 9.83. The molecular weight excluding hydrogens is 510 g/mol. The number of rotatable bonds is 7. The van der Waals surface area contributed by atoms with Crippen LogP contribution in [0.5, 0.6) is 17.2 Å². The number of benzene rings is 2. The first-order valence-electron chi connectivity index (χ1n) is 12.4. The van der Waals surface area contributed by atoms with Crippen molar-refractivity contribution in [3.05, 3.63) is 53.2 Å². The van der Waals surface area contributed by atoms with Crippen LogP contribution in [-0.4, -0.2) is 52.9 Å². The third-order valence-electron chi connectivity index (χ3n) is 6.61. The lowest BCUT2D eigenvalue weighted by atomic mass is 9.98. The van der Waals surface area contributed by atoms with Crippen molar-refractivity contribution < 1.29 is 24.2 Å². The van der Waals surface area contributed by atoms with Gasteiger partial charge in [-0.05, 0) is 55.9 Å². The summed E-state index contributed by atoms with van der Waals surface area (Å²) in [6.07, 6.45) is 4.10. The molecule has 0 bridgehead atoms. The van der Waals surface area contributed by atoms with Crippen LogP contribution in [0.2, 0.25) is 5.02 Å². The highest BCUT2D eigenvalue weighted by atomic mass is 35.5. The number of piperidine rings is 1. The van der Waals surface area contributed by atoms with Gasteiger partial charge in [0.2, 0.25) is 0 Å². The maximum absolute atomic E-state index is 12.0. The van der Waals surface area contributed by atoms with Crippen LogP contribution in [-0.2, 0) is 0 Å². The molecule has 0 radical (unpaired) electrons. The quantitative estimate of drug-likeness (QED) is 0.358. The maximum atomic E-state index is 12.0. The third kappa shape index (κ3) is 6.01. The van der Waals surface area contributed by atoms with E-state index in [2.05, 4.69) is 21.7 Å². The van der Waals surface area contributed by atoms with Gasteiger partial charge in [-0.3, -0.25) is 4.98 Å². The lowest BCUT2D eigenvalue weighted by molar-refractivity contribution is 0.111. The molecule has 2 aromatic carbocycles. The molecule has 11 heteroatoms. The zero-order valence-electron chi connectivity index (χ0n) is 20.4. The largest absolute Gasteiger partial charge is 0.492 e. The minimum atomic E-state index is -0.902. The summed E-state index contributed by atoms with van der Waals surface area (Å²) in [5, 5.41) is 25.4. The Balaban J connectivity index is 1.28. The molecule has 5 rings (SSSR count). The van der Waals surface area contributed by atoms with Gasteiger partial charge in [-0.2, -0.15) is 5.26 Å². The van der Waals surface area contributed by atoms with E-state index >= 15 is 0 Å². The number of hydrogen-bond donors (Lipinski definition) is 3. The normalized spacial score (nSPS) is 15.5. The number of halogens is 1. The standard InChI is InChI=1S/C27H26ClN5O5/c28-21-12-19(3-4-22(21)32-26(34)31-18-1-2-18)38-24-5-8-30-23-13-25(17(14-29)11-20(23)24)37-15-16-6-9-33(10-7-16)27(35)36/h3-5,8,11-13,16,18H,1-2,6-7,9-10,15H2,(H,35,36)(H2,31,32,34). The van der Waals surface area contributed by atoms with E-state index in [4.69, 9.17) is 26.2 Å². The van der Waals surface area contributed by atoms with Crippen molar-refractivity contribution in [2.75, 3.05) is 25.0 Å². The molecule has 0 atom stereocenters. The third-order valence-corrected chi connectivity index (χ3v) is 6.92. The monoisotopic (exact) mass is 535 g/mol. The molecule has 38 heavy (non-hydrogen) atoms. The Hall–Kier alpha value is -4.23. The van der Waals surface area contributed by atoms with Crippen LogP contribution >= 0.6 is 11.6 Å². The number of nitrogens with zero attached hydrogens (tertiary/aromatic N) is 3. The van der Waals surface area contributed by atoms with E-state index in [9.17, 15) is 14.9 Å². The molecule has 10 nitrogen and oxygen atoms in total. The Labute approximate surface area is 224 Å². The number of carbonyl (C=O) groups excluding carboxylic acids is 1. The van der Waals surface area contributed by atoms with Gasteiger partial charge in [0.05, 0.1) is 28.4 Å². The minimum absolute atomic E-state index is 0.206. The van der Waals surface area contributed by atoms with E-state index in [0.29, 0.717) is 77.0 Å². The van der Waals surface area contributed by atoms with Crippen LogP contribution in [0, 0.1) is 17.2 Å². The van der Waals surface area contributed by atoms with Gasteiger partial charge in [0.1, 0.15) is 23.3 Å². The fraction of sp³-hybridized carbons (Fsp3) is 0.333. The Morgan fingerprint density at radius 2 is 1.92 bits per heavy atom. The van der Waals surface area contributed by atoms with Gasteiger partial charge in [-0.15, -0.1) is 0 Å². The predicted octanol–water partition coefficient (Wildman–Crippen LogP) is 5.60. The number of nitrogens with one attached hydrogen (secondary N) is 2. The van der Waals surface area contributed by atoms with Gasteiger partial charge in [0.25, 0.3) is 0 Å². The van der Waals surface area contributed by atoms with Crippen LogP contribution in [0.3, 0.4) is 0 Å². The SMILES string of the molecule is N#Cc1cc2c(Oc3ccc(NC(=O)NC4CC4)c(Cl)c3)ccnc2cc1OCC1CCN(C(=O)O)CC1. The van der Waals surface area contributed by atoms with Crippen LogP contribution in [0.1, 0.15) is 31.2 Å². The van der Waals surface area contributed by atoms with Crippen LogP contribution in [0.15, 0.2) is 42.6 Å². The molecule has 2 aliphatic rings. The molecular formula is C27H26ClN5O5. The number of nitriles is 1. The number of fused-ring (bicyclic) bond motifs is 1. The van der Waals surface area contributed by atoms with Crippen LogP contribution < -0.4 is 20.1 Å². The summed E-state index contributed by atoms with van der Waals surface area (Å²) >= 11 is 6.37. The summed E-state index contributed by atoms with van der Waals surface area (Å²) in [5.74, 6) is 1.58. The molecule has 1 saturated carbocycles. The molecule has 3 N–H and O–H groups in total. The number of anilines is 1. The number of ether oxygens (including phenoxy) is 2. The number of carboxylic acid groups (broad SMARTS) is 1. The summed E-state index contributed by atoms with van der Waals surface area (Å²) in [6, 6.07) is 12.2. The summed E-state index contributed by atoms with van der Waals surface area (Å²) in [7, 11) is 0. The van der Waals surface area contributed by atoms with E-state index in [1.165, 1.54) is 4.90 Å². The van der Waals surface area contributed by atoms with E-state index in [-0.39, 0.29) is 18.0 Å². The molecule has 2 fully saturated rings. The number of carbonyl (C=O) groups is 2. The zero-order valence-corrected chi connectivity index (χ0v) is 21.2. The highest BCUT2D eigenvalue weighted by molar-refractivity contribution is 6.33. The first-order chi connectivity index (χ1) is 18.4. The van der Waals surface area contributed by atoms with Crippen molar-refractivity contribution in [2.45, 2.75) is 31.7 Å². The summed E-state index contributed by atoms with van der Waals surface area (Å²) in [4.78, 5) is 29.0. The smallest absolute Gasteiger partial charge is 0.407 e. The molecule has 1 aromatic heterocycles. The number of pyridine rings is 1. The molecule has 0 unspecified atom stereocenters. The summed E-state index contributed by atoms with van der Waals surface area (Å²) in [6.45, 7) is 1.34. The van der Waals surface area contributed by atoms with Gasteiger partial charge < -0.3 is 30.1 Å². The molecule has 1 aliphatic carbocycles. The first-order valence-corrected chi connectivity index (χ1v) is 12.8. The molecule has 3 aromatic rings. The van der Waals surface area contributed by atoms with Crippen molar-refractivity contribution in [1.29, 1.82) is 5.26 Å². The first kappa shape index (κ1) is 25.4. The van der Waals surface area contributed by atoms with Crippen molar-refractivity contribution in [1.82, 2.24) is 15.2 Å². The lowest BCUT2D eigenvalue weighted by Crippen LogP contribution is -2.38. The predicted molar refractivity (Wildman–Crippen MR) is 141 cm³/mol. The van der Waals surface area contributed by atoms with E-state index in [0.717, 1.165) is 12.8 Å². The zero-order chi connectivity index (χ0) is 26.6. The minimum Gasteiger partial charge on any atom is -0.492 e. The topological polar surface area (TPSA) is 137 Å². The average Bonchev–Trinajstić information content (AvgIpc) is 3.73. The molecule has 1 aliphatic heterocycles. The fourth-order valence-electron chi connectivity index (χ4n) is 4.30. The van der Waals surface area contributed by atoms with E-state index in [1.54, 1.807) is 42.6 Å². The molecule has 0 spiro atoms. The second-order valence-electron chi connectivity index (χ2n) is 9.43. The Morgan fingerprint density at radius 3 is 2.61 bits per heavy atom. The van der Waals surface area contributed by atoms with Crippen molar-refractivity contribution in [2.24, 2.45) is 5.92 Å². The Morgan fingerprint density at radius 1 is 1.13 bits per heavy atom. The molecule has 1 saturated heterocycles.